The summed E-state index contributed by atoms with van der Waals surface area (Å²) < 4.78 is 15.8. The standard InChI is InChI=1S/C21H28FN7O/c1-6-16-12-29(14(3)8-25-16)15(4)24-9-19(23-5)21(30)27-17-7-18(22)20-26-13(2)10-28(20)11-17/h7,9-11,14,16,25H,5-6,8,12H2,1-4H3,(H,27,30)/b19-9-,24-15+. The van der Waals surface area contributed by atoms with Crippen molar-refractivity contribution in [3.8, 4) is 0 Å². The molecule has 0 spiro atoms. The molecule has 160 valence electrons. The fourth-order valence-corrected chi connectivity index (χ4v) is 3.50. The lowest BCUT2D eigenvalue weighted by Crippen LogP contribution is -2.56. The highest BCUT2D eigenvalue weighted by Gasteiger charge is 2.24. The van der Waals surface area contributed by atoms with Gasteiger partial charge in [-0.1, -0.05) is 6.92 Å². The number of hydrogen-bond donors (Lipinski definition) is 2. The number of carbonyl (C=O) groups excluding carboxylic acids is 1. The number of rotatable bonds is 5. The van der Waals surface area contributed by atoms with Crippen LogP contribution in [0.3, 0.4) is 0 Å². The quantitative estimate of drug-likeness (QED) is 0.448. The zero-order valence-electron chi connectivity index (χ0n) is 17.8. The summed E-state index contributed by atoms with van der Waals surface area (Å²) in [6.45, 7) is 13.2. The SMILES string of the molecule is C=N/C(=C\N=C(/C)N1CC(CC)NCC1C)C(=O)Nc1cc(F)c2nc(C)cn2c1. The minimum absolute atomic E-state index is 0.0477. The van der Waals surface area contributed by atoms with E-state index in [2.05, 4.69) is 51.1 Å². The van der Waals surface area contributed by atoms with E-state index >= 15 is 0 Å². The van der Waals surface area contributed by atoms with Gasteiger partial charge in [0, 0.05) is 43.6 Å². The number of aromatic nitrogens is 2. The normalized spacial score (nSPS) is 20.5. The summed E-state index contributed by atoms with van der Waals surface area (Å²) in [6, 6.07) is 1.93. The van der Waals surface area contributed by atoms with Gasteiger partial charge >= 0.3 is 0 Å². The van der Waals surface area contributed by atoms with Crippen molar-refractivity contribution in [1.82, 2.24) is 19.6 Å². The Morgan fingerprint density at radius 2 is 2.27 bits per heavy atom. The van der Waals surface area contributed by atoms with Crippen LogP contribution in [-0.2, 0) is 4.79 Å². The van der Waals surface area contributed by atoms with Crippen molar-refractivity contribution < 1.29 is 9.18 Å². The van der Waals surface area contributed by atoms with E-state index in [1.807, 2.05) is 6.92 Å². The Morgan fingerprint density at radius 1 is 1.50 bits per heavy atom. The van der Waals surface area contributed by atoms with Gasteiger partial charge in [0.25, 0.3) is 5.91 Å². The van der Waals surface area contributed by atoms with E-state index < -0.39 is 11.7 Å². The largest absolute Gasteiger partial charge is 0.355 e. The molecule has 9 heteroatoms. The molecule has 1 fully saturated rings. The van der Waals surface area contributed by atoms with Gasteiger partial charge in [-0.3, -0.25) is 9.79 Å². The van der Waals surface area contributed by atoms with Crippen LogP contribution in [0.5, 0.6) is 0 Å². The van der Waals surface area contributed by atoms with Crippen LogP contribution in [0, 0.1) is 12.7 Å². The Balaban J connectivity index is 1.76. The van der Waals surface area contributed by atoms with E-state index in [9.17, 15) is 9.18 Å². The van der Waals surface area contributed by atoms with Crippen LogP contribution < -0.4 is 10.6 Å². The summed E-state index contributed by atoms with van der Waals surface area (Å²) in [5.41, 5.74) is 1.23. The van der Waals surface area contributed by atoms with Crippen LogP contribution in [0.4, 0.5) is 10.1 Å². The van der Waals surface area contributed by atoms with Gasteiger partial charge in [0.2, 0.25) is 0 Å². The van der Waals surface area contributed by atoms with Crippen molar-refractivity contribution in [3.63, 3.8) is 0 Å². The molecule has 1 aliphatic heterocycles. The topological polar surface area (TPSA) is 86.4 Å². The third-order valence-electron chi connectivity index (χ3n) is 5.22. The third kappa shape index (κ3) is 4.73. The van der Waals surface area contributed by atoms with Gasteiger partial charge in [-0.25, -0.2) is 14.4 Å². The predicted molar refractivity (Wildman–Crippen MR) is 118 cm³/mol. The molecule has 0 bridgehead atoms. The molecule has 1 saturated heterocycles. The van der Waals surface area contributed by atoms with Crippen molar-refractivity contribution in [2.24, 2.45) is 9.98 Å². The lowest BCUT2D eigenvalue weighted by atomic mass is 10.1. The van der Waals surface area contributed by atoms with Gasteiger partial charge in [0.15, 0.2) is 11.5 Å². The molecule has 0 saturated carbocycles. The second kappa shape index (κ2) is 9.17. The number of amides is 1. The van der Waals surface area contributed by atoms with Crippen LogP contribution in [-0.4, -0.2) is 57.9 Å². The number of piperazine rings is 1. The van der Waals surface area contributed by atoms with Gasteiger partial charge in [-0.05, 0) is 33.9 Å². The number of aryl methyl sites for hydroxylation is 1. The van der Waals surface area contributed by atoms with Gasteiger partial charge in [-0.15, -0.1) is 0 Å². The van der Waals surface area contributed by atoms with Crippen LogP contribution in [0.15, 0.2) is 40.3 Å². The second-order valence-corrected chi connectivity index (χ2v) is 7.51. The van der Waals surface area contributed by atoms with Gasteiger partial charge in [-0.2, -0.15) is 0 Å². The molecular weight excluding hydrogens is 385 g/mol. The average Bonchev–Trinajstić information content (AvgIpc) is 3.09. The molecule has 2 atom stereocenters. The number of pyridine rings is 1. The van der Waals surface area contributed by atoms with Gasteiger partial charge in [0.05, 0.1) is 17.6 Å². The molecule has 2 aromatic rings. The zero-order valence-corrected chi connectivity index (χ0v) is 17.8. The number of carbonyl (C=O) groups is 1. The number of aliphatic imine (C=N–C) groups is 2. The molecule has 2 aromatic heterocycles. The molecule has 0 radical (unpaired) electrons. The molecule has 8 nitrogen and oxygen atoms in total. The number of nitrogens with one attached hydrogen (secondary N) is 2. The summed E-state index contributed by atoms with van der Waals surface area (Å²) in [5.74, 6) is -0.236. The summed E-state index contributed by atoms with van der Waals surface area (Å²) in [7, 11) is 0. The van der Waals surface area contributed by atoms with Gasteiger partial charge < -0.3 is 19.9 Å². The van der Waals surface area contributed by atoms with Gasteiger partial charge in [0.1, 0.15) is 11.5 Å². The van der Waals surface area contributed by atoms with E-state index in [1.165, 1.54) is 16.7 Å². The minimum Gasteiger partial charge on any atom is -0.355 e. The first-order valence-corrected chi connectivity index (χ1v) is 9.99. The molecule has 1 aliphatic rings. The second-order valence-electron chi connectivity index (χ2n) is 7.51. The minimum atomic E-state index is -0.523. The number of halogens is 1. The van der Waals surface area contributed by atoms with Crippen molar-refractivity contribution in [1.29, 1.82) is 0 Å². The number of amidine groups is 1. The summed E-state index contributed by atoms with van der Waals surface area (Å²) in [4.78, 5) is 27.1. The maximum Gasteiger partial charge on any atom is 0.275 e. The lowest BCUT2D eigenvalue weighted by Gasteiger charge is -2.39. The van der Waals surface area contributed by atoms with Crippen LogP contribution in [0.1, 0.15) is 32.9 Å². The number of imidazole rings is 1. The number of fused-ring (bicyclic) bond motifs is 1. The molecular formula is C21H28FN7O. The van der Waals surface area contributed by atoms with Crippen LogP contribution >= 0.6 is 0 Å². The smallest absolute Gasteiger partial charge is 0.275 e. The van der Waals surface area contributed by atoms with Crippen molar-refractivity contribution in [2.75, 3.05) is 18.4 Å². The third-order valence-corrected chi connectivity index (χ3v) is 5.22. The Morgan fingerprint density at radius 3 is 2.97 bits per heavy atom. The Kier molecular flexibility index (Phi) is 6.61. The predicted octanol–water partition coefficient (Wildman–Crippen LogP) is 2.75. The number of hydrogen-bond acceptors (Lipinski definition) is 5. The number of anilines is 1. The Labute approximate surface area is 175 Å². The van der Waals surface area contributed by atoms with Crippen molar-refractivity contribution >= 4 is 29.8 Å². The summed E-state index contributed by atoms with van der Waals surface area (Å²) in [6.07, 6.45) is 5.70. The fraction of sp³-hybridized carbons (Fsp3) is 0.429. The molecule has 3 heterocycles. The first-order chi connectivity index (χ1) is 14.3. The first kappa shape index (κ1) is 21.6. The summed E-state index contributed by atoms with van der Waals surface area (Å²) >= 11 is 0. The van der Waals surface area contributed by atoms with E-state index in [4.69, 9.17) is 0 Å². The van der Waals surface area contributed by atoms with E-state index in [0.717, 1.165) is 25.3 Å². The molecule has 0 aliphatic carbocycles. The maximum absolute atomic E-state index is 14.2. The average molecular weight is 414 g/mol. The maximum atomic E-state index is 14.2. The van der Waals surface area contributed by atoms with Crippen LogP contribution in [0.25, 0.3) is 5.65 Å². The molecule has 3 rings (SSSR count). The molecule has 2 unspecified atom stereocenters. The highest BCUT2D eigenvalue weighted by atomic mass is 19.1. The molecule has 30 heavy (non-hydrogen) atoms. The molecule has 2 N–H and O–H groups in total. The van der Waals surface area contributed by atoms with E-state index in [1.54, 1.807) is 19.3 Å². The highest BCUT2D eigenvalue weighted by Crippen LogP contribution is 2.17. The first-order valence-electron chi connectivity index (χ1n) is 9.99. The fourth-order valence-electron chi connectivity index (χ4n) is 3.50. The van der Waals surface area contributed by atoms with Crippen molar-refractivity contribution in [3.05, 3.63) is 41.9 Å². The van der Waals surface area contributed by atoms with Crippen molar-refractivity contribution in [2.45, 2.75) is 46.2 Å². The number of nitrogens with zero attached hydrogens (tertiary/aromatic N) is 5. The molecule has 1 amide bonds. The Bertz CT molecular complexity index is 1010. The van der Waals surface area contributed by atoms with E-state index in [0.29, 0.717) is 23.5 Å². The van der Waals surface area contributed by atoms with E-state index in [-0.39, 0.29) is 11.3 Å². The molecule has 0 aromatic carbocycles. The Hall–Kier alpha value is -3.07. The lowest BCUT2D eigenvalue weighted by molar-refractivity contribution is -0.112. The summed E-state index contributed by atoms with van der Waals surface area (Å²) in [5, 5.41) is 6.14. The zero-order chi connectivity index (χ0) is 21.8. The highest BCUT2D eigenvalue weighted by molar-refractivity contribution is 6.04. The van der Waals surface area contributed by atoms with Crippen LogP contribution in [0.2, 0.25) is 0 Å². The monoisotopic (exact) mass is 413 g/mol.